The average molecular weight is 281 g/mol. The van der Waals surface area contributed by atoms with E-state index in [1.165, 1.54) is 17.3 Å². The molecule has 0 amide bonds. The van der Waals surface area contributed by atoms with Gasteiger partial charge >= 0.3 is 101 Å². The summed E-state index contributed by atoms with van der Waals surface area (Å²) in [6.07, 6.45) is 3.30. The van der Waals surface area contributed by atoms with E-state index < -0.39 is 0 Å². The van der Waals surface area contributed by atoms with E-state index in [1.54, 1.807) is 0 Å². The van der Waals surface area contributed by atoms with Gasteiger partial charge in [-0.05, 0) is 0 Å². The molecule has 1 saturated carbocycles. The van der Waals surface area contributed by atoms with Crippen LogP contribution in [0.25, 0.3) is 0 Å². The van der Waals surface area contributed by atoms with Crippen LogP contribution in [-0.4, -0.2) is 27.0 Å². The van der Waals surface area contributed by atoms with Crippen molar-refractivity contribution in [2.45, 2.75) is 30.2 Å². The van der Waals surface area contributed by atoms with Crippen LogP contribution in [0.2, 0.25) is 4.82 Å². The number of hydrogen-bond acceptors (Lipinski definition) is 2. The van der Waals surface area contributed by atoms with Crippen molar-refractivity contribution in [2.75, 3.05) is 0 Å². The maximum atomic E-state index is 11.2. The monoisotopic (exact) mass is 282 g/mol. The molecule has 0 bridgehead atoms. The summed E-state index contributed by atoms with van der Waals surface area (Å²) in [5.74, 6) is 0.534. The van der Waals surface area contributed by atoms with Gasteiger partial charge in [-0.15, -0.1) is 0 Å². The van der Waals surface area contributed by atoms with Gasteiger partial charge in [0.1, 0.15) is 0 Å². The molecule has 1 aliphatic heterocycles. The molecule has 1 unspecified atom stereocenters. The molecule has 1 aromatic carbocycles. The predicted octanol–water partition coefficient (Wildman–Crippen LogP) is 1.53. The van der Waals surface area contributed by atoms with Crippen molar-refractivity contribution in [2.24, 2.45) is 5.92 Å². The molecule has 0 aromatic heterocycles. The number of carbonyl (C=O) groups excluding carboxylic acids is 1. The summed E-state index contributed by atoms with van der Waals surface area (Å²) in [6, 6.07) is 10.6. The van der Waals surface area contributed by atoms with Crippen molar-refractivity contribution >= 4 is 25.4 Å². The van der Waals surface area contributed by atoms with Gasteiger partial charge < -0.3 is 0 Å². The van der Waals surface area contributed by atoms with E-state index in [4.69, 9.17) is 4.74 Å². The Labute approximate surface area is 102 Å². The van der Waals surface area contributed by atoms with Gasteiger partial charge in [-0.25, -0.2) is 0 Å². The van der Waals surface area contributed by atoms with E-state index in [9.17, 15) is 4.79 Å². The average Bonchev–Trinajstić information content (AvgIpc) is 2.81. The number of fused-ring (bicyclic) bond motifs is 1. The molecule has 2 aliphatic rings. The first kappa shape index (κ1) is 10.4. The molecule has 3 heteroatoms. The third-order valence-corrected chi connectivity index (χ3v) is 6.21. The molecular weight excluding hydrogens is 267 g/mol. The second-order valence-corrected chi connectivity index (χ2v) is 7.22. The van der Waals surface area contributed by atoms with Crippen LogP contribution in [0.15, 0.2) is 30.3 Å². The zero-order valence-corrected chi connectivity index (χ0v) is 10.7. The van der Waals surface area contributed by atoms with Crippen LogP contribution >= 0.6 is 0 Å². The summed E-state index contributed by atoms with van der Waals surface area (Å²) in [5.41, 5.74) is 0. The second-order valence-electron chi connectivity index (χ2n) is 4.47. The summed E-state index contributed by atoms with van der Waals surface area (Å²) in [6.45, 7) is 0. The van der Waals surface area contributed by atoms with Crippen molar-refractivity contribution in [3.8, 4) is 0 Å². The van der Waals surface area contributed by atoms with E-state index in [1.807, 2.05) is 6.07 Å². The number of esters is 1. The molecule has 1 heterocycles. The summed E-state index contributed by atoms with van der Waals surface area (Å²) >= 11 is 0.450. The fraction of sp³-hybridized carbons (Fsp3) is 0.462. The molecule has 1 saturated heterocycles. The van der Waals surface area contributed by atoms with Gasteiger partial charge in [0.25, 0.3) is 0 Å². The Bertz CT molecular complexity index is 390. The Balaban J connectivity index is 1.70. The van der Waals surface area contributed by atoms with Crippen molar-refractivity contribution < 1.29 is 9.53 Å². The minimum absolute atomic E-state index is 0.0172. The fourth-order valence-electron chi connectivity index (χ4n) is 2.61. The molecule has 3 atom stereocenters. The first-order chi connectivity index (χ1) is 7.83. The SMILES string of the molecule is O=C1C[C@@H]2CCC([Se]c3ccccc3)[C@@H]2O1. The van der Waals surface area contributed by atoms with Crippen LogP contribution in [0.4, 0.5) is 0 Å². The van der Waals surface area contributed by atoms with Crippen LogP contribution in [0, 0.1) is 5.92 Å². The zero-order chi connectivity index (χ0) is 11.0. The fourth-order valence-corrected chi connectivity index (χ4v) is 5.40. The van der Waals surface area contributed by atoms with Crippen LogP contribution < -0.4 is 4.46 Å². The van der Waals surface area contributed by atoms with Crippen LogP contribution in [0.1, 0.15) is 19.3 Å². The number of benzene rings is 1. The van der Waals surface area contributed by atoms with Crippen LogP contribution in [0.3, 0.4) is 0 Å². The molecule has 2 fully saturated rings. The Morgan fingerprint density at radius 3 is 2.81 bits per heavy atom. The zero-order valence-electron chi connectivity index (χ0n) is 8.96. The molecule has 0 N–H and O–H groups in total. The quantitative estimate of drug-likeness (QED) is 0.607. The topological polar surface area (TPSA) is 26.3 Å². The molecule has 1 aromatic rings. The first-order valence-corrected chi connectivity index (χ1v) is 7.59. The third-order valence-electron chi connectivity index (χ3n) is 3.38. The van der Waals surface area contributed by atoms with E-state index in [0.717, 1.165) is 0 Å². The minimum atomic E-state index is 0.0172. The Kier molecular flexibility index (Phi) is 2.74. The standard InChI is InChI=1S/C13H14O2Se/c14-12-8-9-6-7-11(13(9)15-12)16-10-4-2-1-3-5-10/h1-5,9,11,13H,6-8H2/t9-,11?,13+/m0/s1. The summed E-state index contributed by atoms with van der Waals surface area (Å²) < 4.78 is 6.87. The van der Waals surface area contributed by atoms with Gasteiger partial charge in [0.15, 0.2) is 0 Å². The van der Waals surface area contributed by atoms with Crippen LogP contribution in [-0.2, 0) is 9.53 Å². The predicted molar refractivity (Wildman–Crippen MR) is 62.8 cm³/mol. The summed E-state index contributed by atoms with van der Waals surface area (Å²) in [7, 11) is 0. The molecule has 0 spiro atoms. The Morgan fingerprint density at radius 1 is 1.19 bits per heavy atom. The van der Waals surface area contributed by atoms with Gasteiger partial charge in [-0.3, -0.25) is 0 Å². The van der Waals surface area contributed by atoms with Gasteiger partial charge in [-0.2, -0.15) is 0 Å². The van der Waals surface area contributed by atoms with Gasteiger partial charge in [0, 0.05) is 0 Å². The summed E-state index contributed by atoms with van der Waals surface area (Å²) in [5, 5.41) is 0. The van der Waals surface area contributed by atoms with Gasteiger partial charge in [-0.1, -0.05) is 0 Å². The van der Waals surface area contributed by atoms with E-state index in [-0.39, 0.29) is 12.1 Å². The number of ether oxygens (including phenoxy) is 1. The molecule has 16 heavy (non-hydrogen) atoms. The second kappa shape index (κ2) is 4.23. The third kappa shape index (κ3) is 1.90. The van der Waals surface area contributed by atoms with E-state index >= 15 is 0 Å². The maximum absolute atomic E-state index is 11.2. The van der Waals surface area contributed by atoms with Gasteiger partial charge in [0.05, 0.1) is 0 Å². The number of carbonyl (C=O) groups is 1. The number of rotatable bonds is 2. The normalized spacial score (nSPS) is 32.5. The molecule has 3 rings (SSSR count). The first-order valence-electron chi connectivity index (χ1n) is 5.74. The van der Waals surface area contributed by atoms with E-state index in [2.05, 4.69) is 24.3 Å². The van der Waals surface area contributed by atoms with Crippen molar-refractivity contribution in [3.05, 3.63) is 30.3 Å². The molecule has 84 valence electrons. The molecular formula is C13H14O2Se. The Morgan fingerprint density at radius 2 is 2.00 bits per heavy atom. The summed E-state index contributed by atoms with van der Waals surface area (Å²) in [4.78, 5) is 11.8. The van der Waals surface area contributed by atoms with Gasteiger partial charge in [0.2, 0.25) is 0 Å². The van der Waals surface area contributed by atoms with E-state index in [0.29, 0.717) is 32.1 Å². The number of hydrogen-bond donors (Lipinski definition) is 0. The molecule has 2 nitrogen and oxygen atoms in total. The Hall–Kier alpha value is -0.791. The molecule has 1 aliphatic carbocycles. The van der Waals surface area contributed by atoms with Crippen molar-refractivity contribution in [1.82, 2.24) is 0 Å². The van der Waals surface area contributed by atoms with Crippen molar-refractivity contribution in [1.29, 1.82) is 0 Å². The molecule has 0 radical (unpaired) electrons. The van der Waals surface area contributed by atoms with Crippen LogP contribution in [0.5, 0.6) is 0 Å². The van der Waals surface area contributed by atoms with Crippen molar-refractivity contribution in [3.63, 3.8) is 0 Å².